The molecule has 1 spiro atoms. The van der Waals surface area contributed by atoms with Crippen molar-refractivity contribution in [1.29, 1.82) is 0 Å². The number of ether oxygens (including phenoxy) is 4. The molecule has 250 valence electrons. The summed E-state index contributed by atoms with van der Waals surface area (Å²) in [7, 11) is 1.55. The predicted molar refractivity (Wildman–Crippen MR) is 166 cm³/mol. The van der Waals surface area contributed by atoms with E-state index in [1.54, 1.807) is 12.7 Å². The fourth-order valence-corrected chi connectivity index (χ4v) is 12.6. The van der Waals surface area contributed by atoms with E-state index in [9.17, 15) is 19.2 Å². The Hall–Kier alpha value is -2.38. The molecule has 0 saturated heterocycles. The lowest BCUT2D eigenvalue weighted by atomic mass is 9.36. The van der Waals surface area contributed by atoms with Crippen LogP contribution in [-0.4, -0.2) is 49.8 Å². The maximum Gasteiger partial charge on any atom is 0.312 e. The van der Waals surface area contributed by atoms with Gasteiger partial charge in [-0.2, -0.15) is 0 Å². The maximum absolute atomic E-state index is 13.6. The Bertz CT molecular complexity index is 1330. The molecular formula is C37H54O8. The summed E-state index contributed by atoms with van der Waals surface area (Å²) in [6, 6.07) is 0. The van der Waals surface area contributed by atoms with E-state index < -0.39 is 35.0 Å². The second kappa shape index (κ2) is 10.3. The van der Waals surface area contributed by atoms with Gasteiger partial charge in [0.05, 0.1) is 12.5 Å². The Morgan fingerprint density at radius 1 is 0.822 bits per heavy atom. The van der Waals surface area contributed by atoms with E-state index in [0.717, 1.165) is 51.4 Å². The molecule has 6 aliphatic rings. The SMILES string of the molecule is COC(=O)[C@@]12CC=C3[C@]4(C[C@H]4C[C@@H]4[C@@]5(C)C[C@@H](OC(C)=O)[C@@H](OC(C)=O)[C@](C)(COC(C)=O)[C@@H]5CC[C@@]34C)[C@@H]1CC(C)(C)CC2. The minimum atomic E-state index is -0.738. The zero-order valence-corrected chi connectivity index (χ0v) is 28.9. The first kappa shape index (κ1) is 32.6. The zero-order valence-electron chi connectivity index (χ0n) is 28.9. The van der Waals surface area contributed by atoms with Crippen LogP contribution in [0.15, 0.2) is 11.6 Å². The van der Waals surface area contributed by atoms with Crippen molar-refractivity contribution in [2.24, 2.45) is 56.2 Å². The van der Waals surface area contributed by atoms with Gasteiger partial charge < -0.3 is 18.9 Å². The van der Waals surface area contributed by atoms with Crippen LogP contribution in [0.1, 0.15) is 113 Å². The molecule has 45 heavy (non-hydrogen) atoms. The van der Waals surface area contributed by atoms with Gasteiger partial charge in [-0.1, -0.05) is 46.3 Å². The summed E-state index contributed by atoms with van der Waals surface area (Å²) in [6.45, 7) is 15.9. The Labute approximate surface area is 268 Å². The van der Waals surface area contributed by atoms with Crippen molar-refractivity contribution in [3.63, 3.8) is 0 Å². The Balaban J connectivity index is 1.44. The van der Waals surface area contributed by atoms with Crippen LogP contribution in [0.4, 0.5) is 0 Å². The van der Waals surface area contributed by atoms with Crippen LogP contribution < -0.4 is 0 Å². The molecule has 0 aliphatic heterocycles. The summed E-state index contributed by atoms with van der Waals surface area (Å²) in [4.78, 5) is 50.7. The molecule has 5 saturated carbocycles. The number of esters is 4. The maximum atomic E-state index is 13.6. The van der Waals surface area contributed by atoms with Crippen molar-refractivity contribution in [3.05, 3.63) is 11.6 Å². The Kier molecular flexibility index (Phi) is 7.46. The first-order chi connectivity index (χ1) is 20.9. The van der Waals surface area contributed by atoms with E-state index in [-0.39, 0.29) is 52.0 Å². The number of carbonyl (C=O) groups is 4. The van der Waals surface area contributed by atoms with Crippen LogP contribution in [0.2, 0.25) is 0 Å². The van der Waals surface area contributed by atoms with Gasteiger partial charge >= 0.3 is 23.9 Å². The van der Waals surface area contributed by atoms with Crippen molar-refractivity contribution in [2.75, 3.05) is 13.7 Å². The summed E-state index contributed by atoms with van der Waals surface area (Å²) in [6.07, 6.45) is 9.38. The van der Waals surface area contributed by atoms with Gasteiger partial charge in [-0.3, -0.25) is 19.2 Å². The van der Waals surface area contributed by atoms with Crippen LogP contribution in [0, 0.1) is 56.2 Å². The van der Waals surface area contributed by atoms with Gasteiger partial charge in [0.15, 0.2) is 0 Å². The average molecular weight is 627 g/mol. The number of rotatable bonds is 5. The molecule has 0 amide bonds. The van der Waals surface area contributed by atoms with Crippen molar-refractivity contribution in [3.8, 4) is 0 Å². The highest BCUT2D eigenvalue weighted by Gasteiger charge is 2.78. The molecule has 8 nitrogen and oxygen atoms in total. The van der Waals surface area contributed by atoms with E-state index in [2.05, 4.69) is 40.7 Å². The minimum absolute atomic E-state index is 0.0316. The molecule has 0 aromatic heterocycles. The van der Waals surface area contributed by atoms with Crippen LogP contribution in [0.5, 0.6) is 0 Å². The molecule has 11 atom stereocenters. The number of hydrogen-bond acceptors (Lipinski definition) is 8. The standard InChI is InChI=1S/C37H54O8/c1-21(38)43-20-35(8)26-10-12-33(6)27-11-13-36(31(41)42-9)15-14-32(4,5)19-29(36)37(27)17-24(37)16-28(33)34(26,7)18-25(44-22(2)39)30(35)45-23(3)40/h11,24-26,28-30H,10,12-20H2,1-9H3/t24-,25-,26-,28+,29-,30-,33+,34+,35-,36-,37-/m1/s1. The molecule has 5 fully saturated rings. The largest absolute Gasteiger partial charge is 0.469 e. The molecule has 0 bridgehead atoms. The van der Waals surface area contributed by atoms with Crippen LogP contribution in [0.25, 0.3) is 0 Å². The van der Waals surface area contributed by atoms with Crippen LogP contribution in [-0.2, 0) is 38.1 Å². The second-order valence-electron chi connectivity index (χ2n) is 17.3. The number of methoxy groups -OCH3 is 1. The Morgan fingerprint density at radius 2 is 1.51 bits per heavy atom. The monoisotopic (exact) mass is 626 g/mol. The van der Waals surface area contributed by atoms with Gasteiger partial charge in [0.1, 0.15) is 18.8 Å². The lowest BCUT2D eigenvalue weighted by Crippen LogP contribution is -2.67. The van der Waals surface area contributed by atoms with E-state index in [4.69, 9.17) is 18.9 Å². The smallest absolute Gasteiger partial charge is 0.312 e. The Morgan fingerprint density at radius 3 is 2.13 bits per heavy atom. The van der Waals surface area contributed by atoms with Crippen molar-refractivity contribution >= 4 is 23.9 Å². The number of hydrogen-bond donors (Lipinski definition) is 0. The van der Waals surface area contributed by atoms with Gasteiger partial charge in [0, 0.05) is 26.2 Å². The molecular weight excluding hydrogens is 572 g/mol. The fourth-order valence-electron chi connectivity index (χ4n) is 12.6. The summed E-state index contributed by atoms with van der Waals surface area (Å²) < 4.78 is 23.2. The predicted octanol–water partition coefficient (Wildman–Crippen LogP) is 6.59. The highest BCUT2D eigenvalue weighted by atomic mass is 16.6. The third-order valence-corrected chi connectivity index (χ3v) is 14.3. The van der Waals surface area contributed by atoms with Gasteiger partial charge in [-0.05, 0) is 103 Å². The quantitative estimate of drug-likeness (QED) is 0.191. The molecule has 0 radical (unpaired) electrons. The lowest BCUT2D eigenvalue weighted by molar-refractivity contribution is -0.246. The highest BCUT2D eigenvalue weighted by Crippen LogP contribution is 2.83. The van der Waals surface area contributed by atoms with Crippen molar-refractivity contribution in [1.82, 2.24) is 0 Å². The topological polar surface area (TPSA) is 105 Å². The number of carbonyl (C=O) groups excluding carboxylic acids is 4. The molecule has 0 unspecified atom stereocenters. The summed E-state index contributed by atoms with van der Waals surface area (Å²) in [5, 5.41) is 0. The molecule has 6 rings (SSSR count). The highest BCUT2D eigenvalue weighted by molar-refractivity contribution is 5.79. The number of fused-ring (bicyclic) bond motifs is 5. The third kappa shape index (κ3) is 4.57. The third-order valence-electron chi connectivity index (χ3n) is 14.3. The van der Waals surface area contributed by atoms with Crippen molar-refractivity contribution < 1.29 is 38.1 Å². The van der Waals surface area contributed by atoms with E-state index >= 15 is 0 Å². The van der Waals surface area contributed by atoms with Crippen LogP contribution in [0.3, 0.4) is 0 Å². The summed E-state index contributed by atoms with van der Waals surface area (Å²) in [5.74, 6) is -0.125. The van der Waals surface area contributed by atoms with Gasteiger partial charge in [-0.25, -0.2) is 0 Å². The van der Waals surface area contributed by atoms with Gasteiger partial charge in [0.2, 0.25) is 0 Å². The molecule has 0 heterocycles. The first-order valence-corrected chi connectivity index (χ1v) is 17.2. The summed E-state index contributed by atoms with van der Waals surface area (Å²) >= 11 is 0. The van der Waals surface area contributed by atoms with Crippen LogP contribution >= 0.6 is 0 Å². The number of allylic oxidation sites excluding steroid dienone is 2. The fraction of sp³-hybridized carbons (Fsp3) is 0.838. The minimum Gasteiger partial charge on any atom is -0.469 e. The average Bonchev–Trinajstić information content (AvgIpc) is 3.66. The van der Waals surface area contributed by atoms with Gasteiger partial charge in [-0.15, -0.1) is 0 Å². The van der Waals surface area contributed by atoms with E-state index in [1.807, 2.05) is 0 Å². The molecule has 6 aliphatic carbocycles. The van der Waals surface area contributed by atoms with E-state index in [1.165, 1.54) is 20.8 Å². The van der Waals surface area contributed by atoms with E-state index in [0.29, 0.717) is 18.3 Å². The molecule has 8 heteroatoms. The zero-order chi connectivity index (χ0) is 33.0. The molecule has 0 aromatic carbocycles. The van der Waals surface area contributed by atoms with Gasteiger partial charge in [0.25, 0.3) is 0 Å². The summed E-state index contributed by atoms with van der Waals surface area (Å²) in [5.41, 5.74) is 0.237. The second-order valence-corrected chi connectivity index (χ2v) is 17.3. The normalized spacial score (nSPS) is 47.2. The molecule has 0 aromatic rings. The first-order valence-electron chi connectivity index (χ1n) is 17.2. The molecule has 0 N–H and O–H groups in total. The lowest BCUT2D eigenvalue weighted by Gasteiger charge is -2.68. The van der Waals surface area contributed by atoms with Crippen molar-refractivity contribution in [2.45, 2.75) is 125 Å².